The lowest BCUT2D eigenvalue weighted by Gasteiger charge is -2.34. The number of nitrogens with zero attached hydrogens (tertiary/aromatic N) is 3. The molecule has 8 heteroatoms. The van der Waals surface area contributed by atoms with Gasteiger partial charge in [0.15, 0.2) is 0 Å². The summed E-state index contributed by atoms with van der Waals surface area (Å²) in [6, 6.07) is 8.03. The van der Waals surface area contributed by atoms with Crippen LogP contribution in [0.25, 0.3) is 0 Å². The number of fused-ring (bicyclic) bond motifs is 1. The Morgan fingerprint density at radius 3 is 2.61 bits per heavy atom. The number of nitrogens with one attached hydrogen (secondary N) is 1. The monoisotopic (exact) mass is 528 g/mol. The van der Waals surface area contributed by atoms with Gasteiger partial charge >= 0.3 is 5.97 Å². The summed E-state index contributed by atoms with van der Waals surface area (Å²) in [6.07, 6.45) is 7.76. The minimum atomic E-state index is -1.10. The minimum Gasteiger partial charge on any atom is -0.459 e. The number of aromatic nitrogens is 2. The maximum Gasteiger partial charge on any atom is 0.316 e. The van der Waals surface area contributed by atoms with E-state index in [9.17, 15) is 9.18 Å². The van der Waals surface area contributed by atoms with E-state index in [1.807, 2.05) is 39.8 Å². The van der Waals surface area contributed by atoms with Crippen LogP contribution in [0.4, 0.5) is 10.2 Å². The predicted molar refractivity (Wildman–Crippen MR) is 149 cm³/mol. The molecule has 1 aliphatic rings. The highest BCUT2D eigenvalue weighted by Gasteiger charge is 2.39. The number of alkyl halides is 1. The predicted octanol–water partition coefficient (Wildman–Crippen LogP) is 5.13. The molecule has 0 aromatic carbocycles. The van der Waals surface area contributed by atoms with E-state index in [4.69, 9.17) is 14.5 Å². The molecule has 2 aromatic rings. The average Bonchev–Trinajstić information content (AvgIpc) is 2.89. The van der Waals surface area contributed by atoms with Crippen LogP contribution in [-0.4, -0.2) is 72.5 Å². The van der Waals surface area contributed by atoms with Crippen LogP contribution in [0.3, 0.4) is 0 Å². The van der Waals surface area contributed by atoms with Gasteiger partial charge in [-0.1, -0.05) is 6.07 Å². The molecule has 38 heavy (non-hydrogen) atoms. The number of anilines is 1. The Kier molecular flexibility index (Phi) is 11.0. The van der Waals surface area contributed by atoms with Gasteiger partial charge in [-0.3, -0.25) is 9.78 Å². The Hall–Kier alpha value is -2.58. The number of esters is 1. The third kappa shape index (κ3) is 9.02. The number of ether oxygens (including phenoxy) is 2. The number of halogens is 1. The summed E-state index contributed by atoms with van der Waals surface area (Å²) in [7, 11) is 1.51. The summed E-state index contributed by atoms with van der Waals surface area (Å²) in [6.45, 7) is 10.1. The molecule has 0 radical (unpaired) electrons. The van der Waals surface area contributed by atoms with Crippen molar-refractivity contribution in [2.24, 2.45) is 0 Å². The summed E-state index contributed by atoms with van der Waals surface area (Å²) in [5, 5.41) is 3.40. The van der Waals surface area contributed by atoms with Crippen molar-refractivity contribution in [3.8, 4) is 0 Å². The van der Waals surface area contributed by atoms with E-state index in [0.29, 0.717) is 13.0 Å². The number of unbranched alkanes of at least 4 members (excludes halogenated alkanes) is 1. The van der Waals surface area contributed by atoms with Gasteiger partial charge in [-0.15, -0.1) is 0 Å². The second-order valence-corrected chi connectivity index (χ2v) is 11.5. The number of methoxy groups -OCH3 is 1. The molecule has 0 unspecified atom stereocenters. The Bertz CT molecular complexity index is 1010. The first-order chi connectivity index (χ1) is 18.1. The van der Waals surface area contributed by atoms with E-state index < -0.39 is 17.2 Å². The molecule has 0 saturated heterocycles. The summed E-state index contributed by atoms with van der Waals surface area (Å²) >= 11 is 0. The van der Waals surface area contributed by atoms with E-state index in [1.165, 1.54) is 12.7 Å². The number of aryl methyl sites for hydroxylation is 2. The standard InChI is InChI=1S/C30H45FN4O3/c1-29(2,3)38-28(36)30(4,24-13-17-32-18-14-24)15-20-35(21-25(31)22-37-5)19-7-6-10-26-12-11-23-9-8-16-33-27(23)34-26/h11-14,17-18,25H,6-10,15-16,19-22H2,1-5H3,(H,33,34)/t25-,30-/m0/s1. The molecule has 0 bridgehead atoms. The summed E-state index contributed by atoms with van der Waals surface area (Å²) in [5.74, 6) is 0.740. The molecule has 0 fully saturated rings. The van der Waals surface area contributed by atoms with Gasteiger partial charge in [0.25, 0.3) is 0 Å². The van der Waals surface area contributed by atoms with Gasteiger partial charge in [0.05, 0.1) is 12.0 Å². The summed E-state index contributed by atoms with van der Waals surface area (Å²) in [5.41, 5.74) is 1.75. The molecule has 0 saturated carbocycles. The average molecular weight is 529 g/mol. The fourth-order valence-corrected chi connectivity index (χ4v) is 4.81. The van der Waals surface area contributed by atoms with Crippen molar-refractivity contribution in [3.63, 3.8) is 0 Å². The van der Waals surface area contributed by atoms with Crippen LogP contribution in [0.15, 0.2) is 36.7 Å². The molecule has 0 aliphatic carbocycles. The van der Waals surface area contributed by atoms with Crippen LogP contribution >= 0.6 is 0 Å². The lowest BCUT2D eigenvalue weighted by molar-refractivity contribution is -0.162. The number of rotatable bonds is 14. The van der Waals surface area contributed by atoms with Crippen LogP contribution in [0.1, 0.15) is 70.2 Å². The van der Waals surface area contributed by atoms with E-state index in [0.717, 1.165) is 62.3 Å². The molecule has 3 heterocycles. The van der Waals surface area contributed by atoms with Crippen molar-refractivity contribution in [1.29, 1.82) is 0 Å². The smallest absolute Gasteiger partial charge is 0.316 e. The molecule has 1 aliphatic heterocycles. The van der Waals surface area contributed by atoms with Crippen LogP contribution in [0.5, 0.6) is 0 Å². The van der Waals surface area contributed by atoms with Gasteiger partial charge in [0.2, 0.25) is 0 Å². The highest BCUT2D eigenvalue weighted by molar-refractivity contribution is 5.83. The minimum absolute atomic E-state index is 0.0518. The number of hydrogen-bond donors (Lipinski definition) is 1. The van der Waals surface area contributed by atoms with Crippen molar-refractivity contribution >= 4 is 11.8 Å². The first-order valence-electron chi connectivity index (χ1n) is 13.8. The number of hydrogen-bond acceptors (Lipinski definition) is 7. The van der Waals surface area contributed by atoms with Gasteiger partial charge in [-0.2, -0.15) is 0 Å². The zero-order chi connectivity index (χ0) is 27.6. The van der Waals surface area contributed by atoms with Crippen molar-refractivity contribution in [1.82, 2.24) is 14.9 Å². The Labute approximate surface area is 227 Å². The fourth-order valence-electron chi connectivity index (χ4n) is 4.81. The van der Waals surface area contributed by atoms with Crippen LogP contribution in [0, 0.1) is 0 Å². The fraction of sp³-hybridized carbons (Fsp3) is 0.633. The van der Waals surface area contributed by atoms with Crippen LogP contribution < -0.4 is 5.32 Å². The van der Waals surface area contributed by atoms with Crippen LogP contribution in [-0.2, 0) is 32.5 Å². The highest BCUT2D eigenvalue weighted by atomic mass is 19.1. The van der Waals surface area contributed by atoms with E-state index >= 15 is 0 Å². The van der Waals surface area contributed by atoms with Gasteiger partial charge < -0.3 is 19.7 Å². The lowest BCUT2D eigenvalue weighted by Crippen LogP contribution is -2.43. The lowest BCUT2D eigenvalue weighted by atomic mass is 9.79. The van der Waals surface area contributed by atoms with E-state index in [2.05, 4.69) is 27.3 Å². The second-order valence-electron chi connectivity index (χ2n) is 11.5. The molecule has 0 spiro atoms. The third-order valence-corrected chi connectivity index (χ3v) is 7.01. The first-order valence-corrected chi connectivity index (χ1v) is 13.8. The SMILES string of the molecule is COC[C@@H](F)CN(CCCCc1ccc2c(n1)NCCC2)CC[C@](C)(C(=O)OC(C)(C)C)c1ccncc1. The Morgan fingerprint density at radius 1 is 1.13 bits per heavy atom. The molecule has 2 aromatic heterocycles. The van der Waals surface area contributed by atoms with Crippen LogP contribution in [0.2, 0.25) is 0 Å². The molecule has 2 atom stereocenters. The molecular formula is C30H45FN4O3. The van der Waals surface area contributed by atoms with E-state index in [-0.39, 0.29) is 19.1 Å². The van der Waals surface area contributed by atoms with Crippen molar-refractivity contribution < 1.29 is 18.7 Å². The molecule has 210 valence electrons. The van der Waals surface area contributed by atoms with Gasteiger partial charge in [0.1, 0.15) is 17.6 Å². The van der Waals surface area contributed by atoms with Gasteiger partial charge in [-0.25, -0.2) is 9.37 Å². The Morgan fingerprint density at radius 2 is 1.89 bits per heavy atom. The summed E-state index contributed by atoms with van der Waals surface area (Å²) < 4.78 is 25.5. The van der Waals surface area contributed by atoms with Crippen molar-refractivity contribution in [3.05, 3.63) is 53.5 Å². The molecule has 1 N–H and O–H groups in total. The van der Waals surface area contributed by atoms with Gasteiger partial charge in [-0.05, 0) is 109 Å². The normalized spacial score (nSPS) is 15.9. The topological polar surface area (TPSA) is 76.6 Å². The van der Waals surface area contributed by atoms with Crippen molar-refractivity contribution in [2.45, 2.75) is 83.4 Å². The molecular weight excluding hydrogens is 483 g/mol. The summed E-state index contributed by atoms with van der Waals surface area (Å²) in [4.78, 5) is 24.4. The quantitative estimate of drug-likeness (QED) is 0.269. The number of carbonyl (C=O) groups is 1. The molecule has 3 rings (SSSR count). The number of pyridine rings is 2. The van der Waals surface area contributed by atoms with E-state index in [1.54, 1.807) is 12.4 Å². The first kappa shape index (κ1) is 30.0. The number of carbonyl (C=O) groups excluding carboxylic acids is 1. The highest BCUT2D eigenvalue weighted by Crippen LogP contribution is 2.31. The molecule has 7 nitrogen and oxygen atoms in total. The zero-order valence-electron chi connectivity index (χ0n) is 23.8. The second kappa shape index (κ2) is 14.0. The maximum atomic E-state index is 14.6. The van der Waals surface area contributed by atoms with Gasteiger partial charge in [0, 0.05) is 38.3 Å². The third-order valence-electron chi connectivity index (χ3n) is 7.01. The zero-order valence-corrected chi connectivity index (χ0v) is 23.8. The molecule has 0 amide bonds. The van der Waals surface area contributed by atoms with Crippen molar-refractivity contribution in [2.75, 3.05) is 45.2 Å². The largest absolute Gasteiger partial charge is 0.459 e. The Balaban J connectivity index is 1.64. The maximum absolute atomic E-state index is 14.6.